The Hall–Kier alpha value is -2.03. The number of carboxylic acid groups (broad SMARTS) is 1. The van der Waals surface area contributed by atoms with Crippen LogP contribution >= 0.6 is 11.6 Å². The van der Waals surface area contributed by atoms with Gasteiger partial charge in [0.15, 0.2) is 0 Å². The summed E-state index contributed by atoms with van der Waals surface area (Å²) in [6.07, 6.45) is 0.886. The van der Waals surface area contributed by atoms with Gasteiger partial charge in [-0.25, -0.2) is 4.79 Å². The molecule has 24 heavy (non-hydrogen) atoms. The molecule has 9 heteroatoms. The Kier molecular flexibility index (Phi) is 5.53. The summed E-state index contributed by atoms with van der Waals surface area (Å²) in [7, 11) is -4.16. The lowest BCUT2D eigenvalue weighted by Gasteiger charge is -2.14. The summed E-state index contributed by atoms with van der Waals surface area (Å²) < 4.78 is 34.3. The summed E-state index contributed by atoms with van der Waals surface area (Å²) in [4.78, 5) is 11.1. The molecule has 130 valence electrons. The van der Waals surface area contributed by atoms with Crippen molar-refractivity contribution in [3.63, 3.8) is 0 Å². The molecular formula is C15H16ClNO6S. The largest absolute Gasteiger partial charge is 0.478 e. The highest BCUT2D eigenvalue weighted by molar-refractivity contribution is 7.87. The number of aromatic carboxylic acids is 1. The van der Waals surface area contributed by atoms with Crippen molar-refractivity contribution in [1.82, 2.24) is 0 Å². The number of nitrogens with one attached hydrogen (secondary N) is 1. The van der Waals surface area contributed by atoms with Gasteiger partial charge in [-0.3, -0.25) is 4.18 Å². The standard InChI is InChI=1S/C15H16ClNO6S/c1-9(2)23-24(20,21)14-6-11(15(18)19)13(7-12(14)16)17-8-10-4-3-5-22-10/h3-7,9,17H,8H2,1-2H3,(H,18,19). The van der Waals surface area contributed by atoms with Crippen molar-refractivity contribution < 1.29 is 26.9 Å². The number of furan rings is 1. The molecule has 2 N–H and O–H groups in total. The van der Waals surface area contributed by atoms with Crippen molar-refractivity contribution in [2.75, 3.05) is 5.32 Å². The second kappa shape index (κ2) is 7.25. The first kappa shape index (κ1) is 18.3. The van der Waals surface area contributed by atoms with E-state index in [0.29, 0.717) is 5.76 Å². The van der Waals surface area contributed by atoms with Crippen LogP contribution in [0.2, 0.25) is 5.02 Å². The Bertz CT molecular complexity index is 830. The van der Waals surface area contributed by atoms with Crippen LogP contribution in [0.25, 0.3) is 0 Å². The van der Waals surface area contributed by atoms with Gasteiger partial charge in [0.05, 0.1) is 35.2 Å². The average Bonchev–Trinajstić information content (AvgIpc) is 2.96. The molecule has 2 aromatic rings. The van der Waals surface area contributed by atoms with Crippen LogP contribution in [-0.2, 0) is 20.8 Å². The van der Waals surface area contributed by atoms with E-state index in [1.807, 2.05) is 0 Å². The maximum Gasteiger partial charge on any atom is 0.337 e. The van der Waals surface area contributed by atoms with E-state index in [1.165, 1.54) is 12.3 Å². The van der Waals surface area contributed by atoms with E-state index >= 15 is 0 Å². The first-order valence-corrected chi connectivity index (χ1v) is 8.75. The fourth-order valence-corrected chi connectivity index (χ4v) is 3.59. The minimum atomic E-state index is -4.16. The molecule has 1 heterocycles. The molecular weight excluding hydrogens is 358 g/mol. The Morgan fingerprint density at radius 1 is 1.42 bits per heavy atom. The third-order valence-electron chi connectivity index (χ3n) is 2.92. The van der Waals surface area contributed by atoms with Crippen molar-refractivity contribution in [3.8, 4) is 0 Å². The fraction of sp³-hybridized carbons (Fsp3) is 0.267. The quantitative estimate of drug-likeness (QED) is 0.716. The number of rotatable bonds is 7. The molecule has 2 rings (SSSR count). The second-order valence-corrected chi connectivity index (χ2v) is 7.11. The van der Waals surface area contributed by atoms with Crippen LogP contribution in [0, 0.1) is 0 Å². The van der Waals surface area contributed by atoms with E-state index in [9.17, 15) is 18.3 Å². The number of anilines is 1. The zero-order valence-corrected chi connectivity index (χ0v) is 14.5. The molecule has 1 aromatic carbocycles. The molecule has 0 aliphatic carbocycles. The minimum absolute atomic E-state index is 0.136. The molecule has 0 saturated heterocycles. The zero-order chi connectivity index (χ0) is 17.9. The first-order valence-electron chi connectivity index (χ1n) is 6.97. The van der Waals surface area contributed by atoms with E-state index in [-0.39, 0.29) is 27.7 Å². The molecule has 0 aliphatic heterocycles. The van der Waals surface area contributed by atoms with Gasteiger partial charge >= 0.3 is 5.97 Å². The third kappa shape index (κ3) is 4.28. The lowest BCUT2D eigenvalue weighted by molar-refractivity contribution is 0.0697. The maximum atomic E-state index is 12.2. The van der Waals surface area contributed by atoms with Gasteiger partial charge in [-0.1, -0.05) is 11.6 Å². The van der Waals surface area contributed by atoms with E-state index in [1.54, 1.807) is 26.0 Å². The van der Waals surface area contributed by atoms with Crippen LogP contribution in [0.4, 0.5) is 5.69 Å². The van der Waals surface area contributed by atoms with Crippen LogP contribution < -0.4 is 5.32 Å². The Morgan fingerprint density at radius 2 is 2.12 bits per heavy atom. The van der Waals surface area contributed by atoms with Crippen molar-refractivity contribution in [2.45, 2.75) is 31.4 Å². The highest BCUT2D eigenvalue weighted by Crippen LogP contribution is 2.31. The van der Waals surface area contributed by atoms with Gasteiger partial charge in [-0.05, 0) is 38.1 Å². The normalized spacial score (nSPS) is 11.7. The lowest BCUT2D eigenvalue weighted by Crippen LogP contribution is -2.15. The van der Waals surface area contributed by atoms with Crippen molar-refractivity contribution in [1.29, 1.82) is 0 Å². The summed E-state index contributed by atoms with van der Waals surface area (Å²) in [6, 6.07) is 5.63. The van der Waals surface area contributed by atoms with Gasteiger partial charge in [-0.15, -0.1) is 0 Å². The van der Waals surface area contributed by atoms with Crippen LogP contribution in [0.3, 0.4) is 0 Å². The molecule has 7 nitrogen and oxygen atoms in total. The zero-order valence-electron chi connectivity index (χ0n) is 12.9. The molecule has 0 spiro atoms. The smallest absolute Gasteiger partial charge is 0.337 e. The third-order valence-corrected chi connectivity index (χ3v) is 4.86. The topological polar surface area (TPSA) is 106 Å². The highest BCUT2D eigenvalue weighted by Gasteiger charge is 2.24. The summed E-state index contributed by atoms with van der Waals surface area (Å²) in [6.45, 7) is 3.31. The van der Waals surface area contributed by atoms with Crippen LogP contribution in [0.1, 0.15) is 30.0 Å². The number of hydrogen-bond donors (Lipinski definition) is 2. The molecule has 0 atom stereocenters. The Balaban J connectivity index is 2.40. The van der Waals surface area contributed by atoms with Gasteiger partial charge < -0.3 is 14.8 Å². The van der Waals surface area contributed by atoms with Gasteiger partial charge in [0.2, 0.25) is 0 Å². The summed E-state index contributed by atoms with van der Waals surface area (Å²) in [5, 5.41) is 12.1. The molecule has 0 fully saturated rings. The van der Waals surface area contributed by atoms with Gasteiger partial charge in [0, 0.05) is 0 Å². The summed E-state index contributed by atoms with van der Waals surface area (Å²) in [5.41, 5.74) is -0.0655. The molecule has 0 saturated carbocycles. The first-order chi connectivity index (χ1) is 11.2. The van der Waals surface area contributed by atoms with Gasteiger partial charge in [0.1, 0.15) is 10.7 Å². The maximum absolute atomic E-state index is 12.2. The molecule has 1 aromatic heterocycles. The number of carbonyl (C=O) groups is 1. The monoisotopic (exact) mass is 373 g/mol. The SMILES string of the molecule is CC(C)OS(=O)(=O)c1cc(C(=O)O)c(NCc2ccco2)cc1Cl. The van der Waals surface area contributed by atoms with Crippen LogP contribution in [0.15, 0.2) is 39.8 Å². The molecule has 0 bridgehead atoms. The van der Waals surface area contributed by atoms with Crippen molar-refractivity contribution in [3.05, 3.63) is 46.9 Å². The molecule has 0 radical (unpaired) electrons. The average molecular weight is 374 g/mol. The lowest BCUT2D eigenvalue weighted by atomic mass is 10.1. The number of benzene rings is 1. The number of halogens is 1. The minimum Gasteiger partial charge on any atom is -0.478 e. The number of hydrogen-bond acceptors (Lipinski definition) is 6. The Labute approximate surface area is 144 Å². The van der Waals surface area contributed by atoms with E-state index in [4.69, 9.17) is 20.2 Å². The van der Waals surface area contributed by atoms with Crippen molar-refractivity contribution in [2.24, 2.45) is 0 Å². The van der Waals surface area contributed by atoms with Crippen molar-refractivity contribution >= 4 is 33.4 Å². The van der Waals surface area contributed by atoms with Gasteiger partial charge in [-0.2, -0.15) is 8.42 Å². The van der Waals surface area contributed by atoms with Crippen LogP contribution in [-0.4, -0.2) is 25.6 Å². The predicted octanol–water partition coefficient (Wildman–Crippen LogP) is 3.36. The second-order valence-electron chi connectivity index (χ2n) is 5.17. The van der Waals surface area contributed by atoms with Gasteiger partial charge in [0.25, 0.3) is 10.1 Å². The fourth-order valence-electron chi connectivity index (χ4n) is 1.97. The summed E-state index contributed by atoms with van der Waals surface area (Å²) >= 11 is 6.02. The van der Waals surface area contributed by atoms with E-state index in [0.717, 1.165) is 6.07 Å². The highest BCUT2D eigenvalue weighted by atomic mass is 35.5. The van der Waals surface area contributed by atoms with E-state index in [2.05, 4.69) is 5.32 Å². The predicted molar refractivity (Wildman–Crippen MR) is 87.9 cm³/mol. The number of carboxylic acids is 1. The molecule has 0 aliphatic rings. The molecule has 0 unspecified atom stereocenters. The Morgan fingerprint density at radius 3 is 2.67 bits per heavy atom. The summed E-state index contributed by atoms with van der Waals surface area (Å²) in [5.74, 6) is -0.711. The molecule has 0 amide bonds. The van der Waals surface area contributed by atoms with E-state index < -0.39 is 22.2 Å². The van der Waals surface area contributed by atoms with Crippen LogP contribution in [0.5, 0.6) is 0 Å².